The van der Waals surface area contributed by atoms with Crippen molar-refractivity contribution in [3.63, 3.8) is 0 Å². The number of nitrogens with zero attached hydrogens (tertiary/aromatic N) is 7. The highest BCUT2D eigenvalue weighted by Crippen LogP contribution is 2.26. The van der Waals surface area contributed by atoms with Gasteiger partial charge in [0.2, 0.25) is 0 Å². The quantitative estimate of drug-likeness (QED) is 0.299. The maximum Gasteiger partial charge on any atom is 0.339 e. The van der Waals surface area contributed by atoms with E-state index < -0.39 is 5.69 Å². The van der Waals surface area contributed by atoms with Gasteiger partial charge in [0.15, 0.2) is 11.5 Å². The van der Waals surface area contributed by atoms with E-state index in [9.17, 15) is 9.59 Å². The van der Waals surface area contributed by atoms with Crippen molar-refractivity contribution in [2.45, 2.75) is 0 Å². The lowest BCUT2D eigenvalue weighted by Gasteiger charge is -2.14. The van der Waals surface area contributed by atoms with Gasteiger partial charge in [-0.15, -0.1) is 0 Å². The number of amides is 1. The van der Waals surface area contributed by atoms with Crippen LogP contribution in [-0.2, 0) is 4.79 Å². The third-order valence-electron chi connectivity index (χ3n) is 6.12. The Morgan fingerprint density at radius 3 is 2.27 bits per heavy atom. The van der Waals surface area contributed by atoms with Crippen LogP contribution in [0.3, 0.4) is 0 Å². The predicted octanol–water partition coefficient (Wildman–Crippen LogP) is 3.42. The maximum absolute atomic E-state index is 13.8. The molecule has 11 nitrogen and oxygen atoms in total. The average Bonchev–Trinajstić information content (AvgIpc) is 3.26. The molecule has 0 aliphatic heterocycles. The summed E-state index contributed by atoms with van der Waals surface area (Å²) in [6.07, 6.45) is 6.11. The van der Waals surface area contributed by atoms with Crippen LogP contribution in [0.4, 0.5) is 11.6 Å². The van der Waals surface area contributed by atoms with Crippen molar-refractivity contribution in [3.05, 3.63) is 102 Å². The summed E-state index contributed by atoms with van der Waals surface area (Å²) in [6.45, 7) is 0.646. The van der Waals surface area contributed by atoms with E-state index >= 15 is 0 Å². The molecule has 0 atom stereocenters. The summed E-state index contributed by atoms with van der Waals surface area (Å²) in [6, 6.07) is 19.9. The van der Waals surface area contributed by atoms with E-state index in [2.05, 4.69) is 15.0 Å². The minimum Gasteiger partial charge on any atom is -0.457 e. The van der Waals surface area contributed by atoms with E-state index in [1.54, 1.807) is 49.5 Å². The normalized spacial score (nSPS) is 11.4. The second kappa shape index (κ2) is 11.2. The summed E-state index contributed by atoms with van der Waals surface area (Å²) in [5.41, 5.74) is 7.55. The van der Waals surface area contributed by atoms with Gasteiger partial charge in [-0.25, -0.2) is 24.3 Å². The van der Waals surface area contributed by atoms with Crippen molar-refractivity contribution >= 4 is 28.7 Å². The van der Waals surface area contributed by atoms with Crippen LogP contribution in [0.25, 0.3) is 22.5 Å². The smallest absolute Gasteiger partial charge is 0.339 e. The first-order valence-electron chi connectivity index (χ1n) is 12.5. The molecule has 5 aromatic rings. The molecule has 0 radical (unpaired) electrons. The van der Waals surface area contributed by atoms with Crippen molar-refractivity contribution < 1.29 is 9.53 Å². The van der Waals surface area contributed by atoms with Crippen LogP contribution in [0.5, 0.6) is 11.5 Å². The highest BCUT2D eigenvalue weighted by molar-refractivity contribution is 6.00. The van der Waals surface area contributed by atoms with Crippen LogP contribution in [0.2, 0.25) is 0 Å². The molecule has 5 rings (SSSR count). The van der Waals surface area contributed by atoms with Crippen molar-refractivity contribution in [1.29, 1.82) is 0 Å². The van der Waals surface area contributed by atoms with Crippen molar-refractivity contribution in [3.8, 4) is 22.9 Å². The van der Waals surface area contributed by atoms with Crippen LogP contribution >= 0.6 is 0 Å². The molecule has 0 spiro atoms. The molecule has 11 heteroatoms. The van der Waals surface area contributed by atoms with E-state index in [0.29, 0.717) is 46.4 Å². The van der Waals surface area contributed by atoms with Gasteiger partial charge in [0.25, 0.3) is 5.91 Å². The number of nitrogen functional groups attached to an aromatic ring is 1. The highest BCUT2D eigenvalue weighted by atomic mass is 16.5. The van der Waals surface area contributed by atoms with Gasteiger partial charge in [0.05, 0.1) is 17.6 Å². The largest absolute Gasteiger partial charge is 0.457 e. The minimum atomic E-state index is -0.399. The van der Waals surface area contributed by atoms with Crippen molar-refractivity contribution in [1.82, 2.24) is 29.0 Å². The molecule has 2 N–H and O–H groups in total. The summed E-state index contributed by atoms with van der Waals surface area (Å²) in [4.78, 5) is 42.6. The molecule has 3 heterocycles. The standard InChI is InChI=1S/C29H28N8O3/c1-34(2)17-7-10-25(38)35(3)24-16-13-21(18-31-24)37-28-26(27(30)32-19-33-28)36(29(37)39)20-11-14-23(15-12-20)40-22-8-5-4-6-9-22/h4-16,18-19H,17H2,1-3H3,(H2,30,32,33)/b10-7+. The van der Waals surface area contributed by atoms with E-state index in [1.165, 1.54) is 32.6 Å². The van der Waals surface area contributed by atoms with Gasteiger partial charge in [-0.2, -0.15) is 0 Å². The Hall–Kier alpha value is -5.29. The van der Waals surface area contributed by atoms with Gasteiger partial charge < -0.3 is 15.4 Å². The molecule has 0 saturated heterocycles. The number of pyridine rings is 1. The van der Waals surface area contributed by atoms with Gasteiger partial charge in [-0.05, 0) is 62.6 Å². The Balaban J connectivity index is 1.49. The van der Waals surface area contributed by atoms with E-state index in [0.717, 1.165) is 0 Å². The molecular weight excluding hydrogens is 508 g/mol. The van der Waals surface area contributed by atoms with Gasteiger partial charge in [0.1, 0.15) is 29.2 Å². The number of hydrogen-bond donors (Lipinski definition) is 1. The van der Waals surface area contributed by atoms with Gasteiger partial charge in [-0.3, -0.25) is 14.3 Å². The van der Waals surface area contributed by atoms with E-state index in [-0.39, 0.29) is 11.7 Å². The van der Waals surface area contributed by atoms with Crippen molar-refractivity contribution in [2.75, 3.05) is 38.3 Å². The second-order valence-corrected chi connectivity index (χ2v) is 9.23. The number of fused-ring (bicyclic) bond motifs is 1. The highest BCUT2D eigenvalue weighted by Gasteiger charge is 2.21. The Kier molecular flexibility index (Phi) is 7.38. The molecule has 0 unspecified atom stereocenters. The van der Waals surface area contributed by atoms with Crippen LogP contribution in [0.15, 0.2) is 96.2 Å². The zero-order valence-corrected chi connectivity index (χ0v) is 22.3. The molecule has 0 saturated carbocycles. The van der Waals surface area contributed by atoms with Crippen LogP contribution in [0, 0.1) is 0 Å². The summed E-state index contributed by atoms with van der Waals surface area (Å²) >= 11 is 0. The van der Waals surface area contributed by atoms with Crippen LogP contribution in [0.1, 0.15) is 0 Å². The molecular formula is C29H28N8O3. The SMILES string of the molecule is CN(C)C/C=C/C(=O)N(C)c1ccc(-n2c(=O)n(-c3ccc(Oc4ccccc4)cc3)c3c(N)ncnc32)cn1. The number of ether oxygens (including phenoxy) is 1. The second-order valence-electron chi connectivity index (χ2n) is 9.23. The lowest BCUT2D eigenvalue weighted by atomic mass is 10.3. The number of para-hydroxylation sites is 1. The maximum atomic E-state index is 13.8. The Bertz CT molecular complexity index is 1720. The fourth-order valence-corrected chi connectivity index (χ4v) is 4.11. The number of aromatic nitrogens is 5. The Morgan fingerprint density at radius 2 is 1.60 bits per heavy atom. The summed E-state index contributed by atoms with van der Waals surface area (Å²) in [5, 5.41) is 0. The molecule has 1 amide bonds. The topological polar surface area (TPSA) is 124 Å². The zero-order chi connectivity index (χ0) is 28.2. The van der Waals surface area contributed by atoms with Gasteiger partial charge >= 0.3 is 5.69 Å². The number of likely N-dealkylation sites (N-methyl/N-ethyl adjacent to an activating group) is 2. The number of carbonyl (C=O) groups excluding carboxylic acids is 1. The molecule has 3 aromatic heterocycles. The number of nitrogens with two attached hydrogens (primary N) is 1. The monoisotopic (exact) mass is 536 g/mol. The predicted molar refractivity (Wildman–Crippen MR) is 154 cm³/mol. The first-order valence-corrected chi connectivity index (χ1v) is 12.5. The summed E-state index contributed by atoms with van der Waals surface area (Å²) in [5.74, 6) is 1.70. The number of carbonyl (C=O) groups is 1. The van der Waals surface area contributed by atoms with E-state index in [4.69, 9.17) is 10.5 Å². The average molecular weight is 537 g/mol. The summed E-state index contributed by atoms with van der Waals surface area (Å²) < 4.78 is 8.75. The minimum absolute atomic E-state index is 0.157. The third-order valence-corrected chi connectivity index (χ3v) is 6.12. The molecule has 0 aliphatic carbocycles. The lowest BCUT2D eigenvalue weighted by molar-refractivity contribution is -0.113. The third kappa shape index (κ3) is 5.31. The number of imidazole rings is 1. The zero-order valence-electron chi connectivity index (χ0n) is 22.3. The molecule has 0 aliphatic rings. The lowest BCUT2D eigenvalue weighted by Crippen LogP contribution is -2.26. The van der Waals surface area contributed by atoms with E-state index in [1.807, 2.05) is 49.3 Å². The molecule has 202 valence electrons. The fourth-order valence-electron chi connectivity index (χ4n) is 4.11. The van der Waals surface area contributed by atoms with Gasteiger partial charge in [-0.1, -0.05) is 24.3 Å². The van der Waals surface area contributed by atoms with Crippen molar-refractivity contribution in [2.24, 2.45) is 0 Å². The Labute approximate surface area is 230 Å². The van der Waals surface area contributed by atoms with Crippen LogP contribution in [-0.4, -0.2) is 62.6 Å². The molecule has 2 aromatic carbocycles. The molecule has 40 heavy (non-hydrogen) atoms. The summed E-state index contributed by atoms with van der Waals surface area (Å²) in [7, 11) is 5.49. The number of rotatable bonds is 8. The first kappa shape index (κ1) is 26.3. The number of hydrogen-bond acceptors (Lipinski definition) is 8. The molecule has 0 bridgehead atoms. The Morgan fingerprint density at radius 1 is 0.900 bits per heavy atom. The van der Waals surface area contributed by atoms with Gasteiger partial charge in [0, 0.05) is 19.7 Å². The number of anilines is 2. The van der Waals surface area contributed by atoms with Crippen LogP contribution < -0.4 is 21.1 Å². The first-order chi connectivity index (χ1) is 19.3. The fraction of sp³-hybridized carbons (Fsp3) is 0.138. The molecule has 0 fully saturated rings. The number of benzene rings is 2.